The van der Waals surface area contributed by atoms with Crippen LogP contribution >= 0.6 is 23.2 Å². The zero-order chi connectivity index (χ0) is 19.8. The number of hydrogen-bond acceptors (Lipinski definition) is 5. The van der Waals surface area contributed by atoms with Crippen LogP contribution in [0, 0.1) is 0 Å². The average Bonchev–Trinajstić information content (AvgIpc) is 3.09. The molecular weight excluding hydrogens is 403 g/mol. The van der Waals surface area contributed by atoms with E-state index in [9.17, 15) is 4.79 Å². The van der Waals surface area contributed by atoms with Gasteiger partial charge in [0.1, 0.15) is 6.61 Å². The molecule has 7 nitrogen and oxygen atoms in total. The molecule has 1 amide bonds. The number of H-pyrrole nitrogens is 1. The number of amides is 1. The molecule has 0 fully saturated rings. The summed E-state index contributed by atoms with van der Waals surface area (Å²) in [5, 5.41) is 10.7. The number of fused-ring (bicyclic) bond motifs is 3. The smallest absolute Gasteiger partial charge is 0.292 e. The molecule has 1 aliphatic heterocycles. The second kappa shape index (κ2) is 7.58. The average molecular weight is 421 g/mol. The lowest BCUT2D eigenvalue weighted by Crippen LogP contribution is -2.39. The summed E-state index contributed by atoms with van der Waals surface area (Å²) in [6, 6.07) is 3.52. The van der Waals surface area contributed by atoms with Crippen LogP contribution < -0.4 is 4.74 Å². The highest BCUT2D eigenvalue weighted by Crippen LogP contribution is 2.40. The van der Waals surface area contributed by atoms with Crippen molar-refractivity contribution in [3.63, 3.8) is 0 Å². The highest BCUT2D eigenvalue weighted by Gasteiger charge is 2.32. The highest BCUT2D eigenvalue weighted by atomic mass is 35.5. The second-order valence-electron chi connectivity index (χ2n) is 6.54. The molecular formula is C19H18Cl2N4O3. The van der Waals surface area contributed by atoms with Crippen LogP contribution in [0.15, 0.2) is 24.5 Å². The fraction of sp³-hybridized carbons (Fsp3) is 0.316. The first-order valence-corrected chi connectivity index (χ1v) is 9.62. The van der Waals surface area contributed by atoms with Crippen molar-refractivity contribution >= 4 is 40.0 Å². The molecule has 0 radical (unpaired) electrons. The number of halogens is 2. The minimum Gasteiger partial charge on any atom is -0.488 e. The predicted molar refractivity (Wildman–Crippen MR) is 106 cm³/mol. The van der Waals surface area contributed by atoms with Gasteiger partial charge in [0.05, 0.1) is 40.6 Å². The second-order valence-corrected chi connectivity index (χ2v) is 7.33. The standard InChI is InChI=1S/C19H18Cl2N4O3/c1-10-15-12-2-3-13(20)16(21)17(12)24-14(15)4-5-25(10)19(27)18-22-8-11(9-23-18)28-7-6-26/h2-3,8-10,24,26H,4-7H2,1H3/t10-/m1/s1. The Hall–Kier alpha value is -2.35. The number of aromatic amines is 1. The molecule has 2 aromatic heterocycles. The van der Waals surface area contributed by atoms with Gasteiger partial charge < -0.3 is 19.7 Å². The van der Waals surface area contributed by atoms with Crippen molar-refractivity contribution < 1.29 is 14.6 Å². The third-order valence-electron chi connectivity index (χ3n) is 4.91. The van der Waals surface area contributed by atoms with Gasteiger partial charge in [0.15, 0.2) is 5.75 Å². The molecule has 3 heterocycles. The van der Waals surface area contributed by atoms with Crippen LogP contribution in [-0.4, -0.2) is 50.6 Å². The van der Waals surface area contributed by atoms with Crippen molar-refractivity contribution in [1.82, 2.24) is 19.9 Å². The number of aliphatic hydroxyl groups is 1. The maximum Gasteiger partial charge on any atom is 0.292 e. The summed E-state index contributed by atoms with van der Waals surface area (Å²) in [4.78, 5) is 26.3. The summed E-state index contributed by atoms with van der Waals surface area (Å²) < 4.78 is 5.23. The third kappa shape index (κ3) is 3.19. The van der Waals surface area contributed by atoms with Crippen molar-refractivity contribution in [2.24, 2.45) is 0 Å². The molecule has 2 N–H and O–H groups in total. The molecule has 1 aliphatic rings. The number of hydrogen-bond donors (Lipinski definition) is 2. The Morgan fingerprint density at radius 1 is 1.36 bits per heavy atom. The normalized spacial score (nSPS) is 16.3. The van der Waals surface area contributed by atoms with Crippen LogP contribution in [0.5, 0.6) is 5.75 Å². The number of nitrogens with one attached hydrogen (secondary N) is 1. The van der Waals surface area contributed by atoms with Gasteiger partial charge in [0.25, 0.3) is 5.91 Å². The van der Waals surface area contributed by atoms with Crippen molar-refractivity contribution in [2.75, 3.05) is 19.8 Å². The van der Waals surface area contributed by atoms with Crippen LogP contribution in [0.3, 0.4) is 0 Å². The van der Waals surface area contributed by atoms with Gasteiger partial charge in [-0.25, -0.2) is 9.97 Å². The van der Waals surface area contributed by atoms with E-state index in [0.29, 0.717) is 28.8 Å². The van der Waals surface area contributed by atoms with Gasteiger partial charge in [-0.1, -0.05) is 29.3 Å². The van der Waals surface area contributed by atoms with Gasteiger partial charge in [-0.15, -0.1) is 0 Å². The minimum atomic E-state index is -0.249. The van der Waals surface area contributed by atoms with E-state index >= 15 is 0 Å². The van der Waals surface area contributed by atoms with Gasteiger partial charge in [-0.3, -0.25) is 4.79 Å². The lowest BCUT2D eigenvalue weighted by atomic mass is 9.97. The molecule has 0 bridgehead atoms. The topological polar surface area (TPSA) is 91.3 Å². The van der Waals surface area contributed by atoms with Crippen LogP contribution in [0.2, 0.25) is 10.0 Å². The molecule has 0 aliphatic carbocycles. The molecule has 0 spiro atoms. The molecule has 0 saturated carbocycles. The Bertz CT molecular complexity index is 1040. The van der Waals surface area contributed by atoms with E-state index in [2.05, 4.69) is 15.0 Å². The lowest BCUT2D eigenvalue weighted by molar-refractivity contribution is 0.0665. The van der Waals surface area contributed by atoms with Crippen molar-refractivity contribution in [1.29, 1.82) is 0 Å². The predicted octanol–water partition coefficient (Wildman–Crippen LogP) is 3.40. The summed E-state index contributed by atoms with van der Waals surface area (Å²) in [5.41, 5.74) is 2.89. The molecule has 28 heavy (non-hydrogen) atoms. The Balaban J connectivity index is 1.63. The van der Waals surface area contributed by atoms with E-state index in [1.54, 1.807) is 11.0 Å². The van der Waals surface area contributed by atoms with Crippen molar-refractivity contribution in [2.45, 2.75) is 19.4 Å². The molecule has 146 valence electrons. The summed E-state index contributed by atoms with van der Waals surface area (Å²) in [5.74, 6) is 0.261. The van der Waals surface area contributed by atoms with E-state index in [-0.39, 0.29) is 31.0 Å². The summed E-state index contributed by atoms with van der Waals surface area (Å²) in [7, 11) is 0. The van der Waals surface area contributed by atoms with Crippen LogP contribution in [0.1, 0.15) is 34.8 Å². The van der Waals surface area contributed by atoms with E-state index in [1.165, 1.54) is 12.4 Å². The van der Waals surface area contributed by atoms with Crippen LogP contribution in [0.25, 0.3) is 10.9 Å². The number of nitrogens with zero attached hydrogens (tertiary/aromatic N) is 3. The molecule has 1 aromatic carbocycles. The number of benzene rings is 1. The summed E-state index contributed by atoms with van der Waals surface area (Å²) in [6.07, 6.45) is 3.54. The maximum atomic E-state index is 13.0. The molecule has 3 aromatic rings. The Labute approximate surface area is 171 Å². The maximum absolute atomic E-state index is 13.0. The SMILES string of the molecule is C[C@@H]1c2c([nH]c3c(Cl)c(Cl)ccc23)CCN1C(=O)c1ncc(OCCO)cn1. The van der Waals surface area contributed by atoms with Gasteiger partial charge in [0.2, 0.25) is 5.82 Å². The first-order chi connectivity index (χ1) is 13.5. The molecule has 1 atom stereocenters. The fourth-order valence-electron chi connectivity index (χ4n) is 3.60. The largest absolute Gasteiger partial charge is 0.488 e. The van der Waals surface area contributed by atoms with Crippen molar-refractivity contribution in [3.05, 3.63) is 51.7 Å². The molecule has 9 heteroatoms. The van der Waals surface area contributed by atoms with Gasteiger partial charge in [-0.2, -0.15) is 0 Å². The number of aliphatic hydroxyl groups excluding tert-OH is 1. The van der Waals surface area contributed by atoms with Crippen molar-refractivity contribution in [3.8, 4) is 5.75 Å². The monoisotopic (exact) mass is 420 g/mol. The number of ether oxygens (including phenoxy) is 1. The quantitative estimate of drug-likeness (QED) is 0.674. The van der Waals surface area contributed by atoms with E-state index < -0.39 is 0 Å². The third-order valence-corrected chi connectivity index (χ3v) is 5.72. The number of rotatable bonds is 4. The molecule has 4 rings (SSSR count). The van der Waals surface area contributed by atoms with Gasteiger partial charge in [0, 0.05) is 29.6 Å². The summed E-state index contributed by atoms with van der Waals surface area (Å²) in [6.45, 7) is 2.56. The number of aromatic nitrogens is 3. The van der Waals surface area contributed by atoms with E-state index in [1.807, 2.05) is 13.0 Å². The first kappa shape index (κ1) is 19.0. The Morgan fingerprint density at radius 2 is 2.11 bits per heavy atom. The number of carbonyl (C=O) groups excluding carboxylic acids is 1. The first-order valence-electron chi connectivity index (χ1n) is 8.86. The van der Waals surface area contributed by atoms with Gasteiger partial charge in [-0.05, 0) is 13.0 Å². The fourth-order valence-corrected chi connectivity index (χ4v) is 3.97. The molecule has 0 saturated heterocycles. The highest BCUT2D eigenvalue weighted by molar-refractivity contribution is 6.45. The number of carbonyl (C=O) groups is 1. The van der Waals surface area contributed by atoms with Crippen LogP contribution in [0.4, 0.5) is 0 Å². The molecule has 0 unspecified atom stereocenters. The minimum absolute atomic E-state index is 0.103. The Kier molecular flexibility index (Phi) is 5.14. The lowest BCUT2D eigenvalue weighted by Gasteiger charge is -2.33. The zero-order valence-corrected chi connectivity index (χ0v) is 16.6. The van der Waals surface area contributed by atoms with Crippen LogP contribution in [-0.2, 0) is 6.42 Å². The van der Waals surface area contributed by atoms with E-state index in [4.69, 9.17) is 33.0 Å². The zero-order valence-electron chi connectivity index (χ0n) is 15.1. The Morgan fingerprint density at radius 3 is 2.82 bits per heavy atom. The van der Waals surface area contributed by atoms with Gasteiger partial charge >= 0.3 is 0 Å². The summed E-state index contributed by atoms with van der Waals surface area (Å²) >= 11 is 12.5. The van der Waals surface area contributed by atoms with E-state index in [0.717, 1.165) is 22.2 Å².